The first kappa shape index (κ1) is 14.2. The Hall–Kier alpha value is -2.21. The van der Waals surface area contributed by atoms with Gasteiger partial charge in [0, 0.05) is 12.6 Å². The van der Waals surface area contributed by atoms with Gasteiger partial charge < -0.3 is 5.32 Å². The molecule has 0 aliphatic heterocycles. The van der Waals surface area contributed by atoms with Crippen LogP contribution in [0, 0.1) is 0 Å². The quantitative estimate of drug-likeness (QED) is 0.912. The summed E-state index contributed by atoms with van der Waals surface area (Å²) < 4.78 is 24.0. The van der Waals surface area contributed by atoms with E-state index >= 15 is 0 Å². The maximum atomic E-state index is 12.0. The van der Waals surface area contributed by atoms with Crippen LogP contribution in [0.25, 0.3) is 0 Å². The van der Waals surface area contributed by atoms with E-state index in [-0.39, 0.29) is 23.0 Å². The number of nitrogens with one attached hydrogen (secondary N) is 1. The molecular weight excluding hydrogens is 276 g/mol. The highest BCUT2D eigenvalue weighted by Gasteiger charge is 2.15. The van der Waals surface area contributed by atoms with Crippen LogP contribution in [0.4, 0.5) is 5.69 Å². The molecule has 6 heteroatoms. The summed E-state index contributed by atoms with van der Waals surface area (Å²) in [6.45, 7) is 0. The lowest BCUT2D eigenvalue weighted by molar-refractivity contribution is -0.115. The van der Waals surface area contributed by atoms with E-state index in [9.17, 15) is 13.2 Å². The van der Waals surface area contributed by atoms with Crippen LogP contribution in [-0.2, 0) is 14.6 Å². The highest BCUT2D eigenvalue weighted by Crippen LogP contribution is 2.11. The average molecular weight is 290 g/mol. The summed E-state index contributed by atoms with van der Waals surface area (Å²) in [5, 5.41) is 2.60. The molecule has 0 aliphatic rings. The second kappa shape index (κ2) is 6.29. The Morgan fingerprint density at radius 3 is 2.50 bits per heavy atom. The molecule has 104 valence electrons. The zero-order valence-electron chi connectivity index (χ0n) is 10.7. The van der Waals surface area contributed by atoms with Gasteiger partial charge in [-0.2, -0.15) is 0 Å². The third kappa shape index (κ3) is 3.89. The number of carbonyl (C=O) groups excluding carboxylic acids is 1. The summed E-state index contributed by atoms with van der Waals surface area (Å²) in [5.41, 5.74) is 0.551. The van der Waals surface area contributed by atoms with Gasteiger partial charge in [0.25, 0.3) is 0 Å². The van der Waals surface area contributed by atoms with Gasteiger partial charge in [0.1, 0.15) is 0 Å². The number of amides is 1. The second-order valence-electron chi connectivity index (χ2n) is 4.17. The molecule has 0 atom stereocenters. The Kier molecular flexibility index (Phi) is 4.47. The Balaban J connectivity index is 1.94. The molecular formula is C14H14N2O3S. The number of hydrogen-bond acceptors (Lipinski definition) is 4. The predicted octanol–water partition coefficient (Wildman–Crippen LogP) is 1.88. The molecule has 2 aromatic rings. The number of anilines is 1. The lowest BCUT2D eigenvalue weighted by Gasteiger charge is -2.05. The first-order chi connectivity index (χ1) is 9.58. The molecule has 1 aromatic carbocycles. The summed E-state index contributed by atoms with van der Waals surface area (Å²) in [6, 6.07) is 11.5. The fourth-order valence-corrected chi connectivity index (χ4v) is 2.89. The maximum Gasteiger partial charge on any atom is 0.225 e. The van der Waals surface area contributed by atoms with E-state index in [0.29, 0.717) is 5.69 Å². The fourth-order valence-electron chi connectivity index (χ4n) is 1.63. The van der Waals surface area contributed by atoms with E-state index in [1.807, 2.05) is 0 Å². The molecule has 0 radical (unpaired) electrons. The number of rotatable bonds is 5. The van der Waals surface area contributed by atoms with E-state index in [1.165, 1.54) is 18.3 Å². The molecule has 0 fully saturated rings. The number of sulfone groups is 1. The second-order valence-corrected chi connectivity index (χ2v) is 6.28. The smallest absolute Gasteiger partial charge is 0.225 e. The molecule has 0 bridgehead atoms. The molecule has 20 heavy (non-hydrogen) atoms. The molecule has 0 saturated heterocycles. The number of carbonyl (C=O) groups is 1. The normalized spacial score (nSPS) is 11.0. The minimum Gasteiger partial charge on any atom is -0.325 e. The molecule has 0 aliphatic carbocycles. The van der Waals surface area contributed by atoms with Gasteiger partial charge in [0.2, 0.25) is 5.91 Å². The predicted molar refractivity (Wildman–Crippen MR) is 76.0 cm³/mol. The van der Waals surface area contributed by atoms with Crippen LogP contribution < -0.4 is 5.32 Å². The summed E-state index contributed by atoms with van der Waals surface area (Å²) in [5.74, 6) is -0.569. The number of nitrogens with zero attached hydrogens (tertiary/aromatic N) is 1. The van der Waals surface area contributed by atoms with Gasteiger partial charge in [-0.3, -0.25) is 9.78 Å². The molecule has 0 saturated carbocycles. The maximum absolute atomic E-state index is 12.0. The van der Waals surface area contributed by atoms with E-state index in [2.05, 4.69) is 10.3 Å². The van der Waals surface area contributed by atoms with Crippen molar-refractivity contribution in [3.8, 4) is 0 Å². The van der Waals surface area contributed by atoms with E-state index in [4.69, 9.17) is 0 Å². The van der Waals surface area contributed by atoms with E-state index < -0.39 is 9.84 Å². The van der Waals surface area contributed by atoms with Gasteiger partial charge in [-0.25, -0.2) is 8.42 Å². The van der Waals surface area contributed by atoms with Gasteiger partial charge in [-0.1, -0.05) is 18.2 Å². The van der Waals surface area contributed by atoms with Gasteiger partial charge in [-0.05, 0) is 24.3 Å². The minimum absolute atomic E-state index is 0.0911. The van der Waals surface area contributed by atoms with Gasteiger partial charge in [-0.15, -0.1) is 0 Å². The summed E-state index contributed by atoms with van der Waals surface area (Å²) >= 11 is 0. The number of benzene rings is 1. The third-order valence-electron chi connectivity index (χ3n) is 2.65. The van der Waals surface area contributed by atoms with Crippen molar-refractivity contribution in [3.05, 3.63) is 54.9 Å². The fraction of sp³-hybridized carbons (Fsp3) is 0.143. The van der Waals surface area contributed by atoms with Crippen molar-refractivity contribution in [1.29, 1.82) is 0 Å². The van der Waals surface area contributed by atoms with Crippen molar-refractivity contribution in [3.63, 3.8) is 0 Å². The standard InChI is InChI=1S/C14H14N2O3S/c17-14(16-12-5-4-9-15-11-12)8-10-20(18,19)13-6-2-1-3-7-13/h1-7,9,11H,8,10H2,(H,16,17). The van der Waals surface area contributed by atoms with Gasteiger partial charge in [0.05, 0.1) is 22.5 Å². The SMILES string of the molecule is O=C(CCS(=O)(=O)c1ccccc1)Nc1cccnc1. The Labute approximate surface area is 117 Å². The minimum atomic E-state index is -3.42. The zero-order valence-corrected chi connectivity index (χ0v) is 11.5. The molecule has 1 N–H and O–H groups in total. The highest BCUT2D eigenvalue weighted by molar-refractivity contribution is 7.91. The van der Waals surface area contributed by atoms with Crippen LogP contribution >= 0.6 is 0 Å². The molecule has 5 nitrogen and oxygen atoms in total. The molecule has 2 rings (SSSR count). The third-order valence-corrected chi connectivity index (χ3v) is 4.38. The van der Waals surface area contributed by atoms with E-state index in [1.54, 1.807) is 36.5 Å². The lowest BCUT2D eigenvalue weighted by Crippen LogP contribution is -2.17. The Morgan fingerprint density at radius 1 is 1.10 bits per heavy atom. The average Bonchev–Trinajstić information content (AvgIpc) is 2.47. The largest absolute Gasteiger partial charge is 0.325 e. The van der Waals surface area contributed by atoms with Gasteiger partial charge >= 0.3 is 0 Å². The van der Waals surface area contributed by atoms with Crippen LogP contribution in [0.3, 0.4) is 0 Å². The number of hydrogen-bond donors (Lipinski definition) is 1. The van der Waals surface area contributed by atoms with Crippen molar-refractivity contribution >= 4 is 21.4 Å². The first-order valence-corrected chi connectivity index (χ1v) is 7.71. The summed E-state index contributed by atoms with van der Waals surface area (Å²) in [6.07, 6.45) is 3.01. The summed E-state index contributed by atoms with van der Waals surface area (Å²) in [4.78, 5) is 15.8. The van der Waals surface area contributed by atoms with Crippen molar-refractivity contribution in [2.24, 2.45) is 0 Å². The molecule has 1 heterocycles. The summed E-state index contributed by atoms with van der Waals surface area (Å²) in [7, 11) is -3.42. The van der Waals surface area contributed by atoms with Crippen molar-refractivity contribution in [2.75, 3.05) is 11.1 Å². The highest BCUT2D eigenvalue weighted by atomic mass is 32.2. The monoisotopic (exact) mass is 290 g/mol. The lowest BCUT2D eigenvalue weighted by atomic mass is 10.4. The van der Waals surface area contributed by atoms with Crippen LogP contribution in [0.15, 0.2) is 59.8 Å². The van der Waals surface area contributed by atoms with E-state index in [0.717, 1.165) is 0 Å². The zero-order chi connectivity index (χ0) is 14.4. The Bertz CT molecular complexity index is 670. The molecule has 0 spiro atoms. The first-order valence-electron chi connectivity index (χ1n) is 6.05. The van der Waals surface area contributed by atoms with Crippen LogP contribution in [-0.4, -0.2) is 25.1 Å². The number of aromatic nitrogens is 1. The molecule has 1 aromatic heterocycles. The van der Waals surface area contributed by atoms with Crippen molar-refractivity contribution in [1.82, 2.24) is 4.98 Å². The van der Waals surface area contributed by atoms with Crippen LogP contribution in [0.5, 0.6) is 0 Å². The Morgan fingerprint density at radius 2 is 1.85 bits per heavy atom. The molecule has 0 unspecified atom stereocenters. The van der Waals surface area contributed by atoms with Crippen LogP contribution in [0.2, 0.25) is 0 Å². The van der Waals surface area contributed by atoms with Crippen molar-refractivity contribution in [2.45, 2.75) is 11.3 Å². The van der Waals surface area contributed by atoms with Crippen molar-refractivity contribution < 1.29 is 13.2 Å². The van der Waals surface area contributed by atoms with Gasteiger partial charge in [0.15, 0.2) is 9.84 Å². The topological polar surface area (TPSA) is 76.1 Å². The number of pyridine rings is 1. The molecule has 1 amide bonds. The van der Waals surface area contributed by atoms with Crippen LogP contribution in [0.1, 0.15) is 6.42 Å².